The first kappa shape index (κ1) is 18.3. The Hall–Kier alpha value is -1.69. The van der Waals surface area contributed by atoms with Crippen molar-refractivity contribution in [2.45, 2.75) is 19.8 Å². The maximum Gasteiger partial charge on any atom is 0.256 e. The van der Waals surface area contributed by atoms with Gasteiger partial charge in [-0.2, -0.15) is 0 Å². The van der Waals surface area contributed by atoms with Crippen LogP contribution in [0.4, 0.5) is 0 Å². The van der Waals surface area contributed by atoms with Gasteiger partial charge in [0.15, 0.2) is 0 Å². The van der Waals surface area contributed by atoms with E-state index in [4.69, 9.17) is 17.0 Å². The summed E-state index contributed by atoms with van der Waals surface area (Å²) in [5.74, 6) is 0.00614. The predicted octanol–water partition coefficient (Wildman–Crippen LogP) is 1.45. The molecule has 0 spiro atoms. The quantitative estimate of drug-likeness (QED) is 0.376. The minimum absolute atomic E-state index is 0.0179. The van der Waals surface area contributed by atoms with E-state index in [-0.39, 0.29) is 23.4 Å². The van der Waals surface area contributed by atoms with E-state index in [2.05, 4.69) is 18.5 Å². The highest BCUT2D eigenvalue weighted by Gasteiger charge is 2.10. The molecule has 0 radical (unpaired) electrons. The zero-order valence-corrected chi connectivity index (χ0v) is 12.7. The number of hydrogen-bond donors (Lipinski definition) is 1. The molecule has 0 rings (SSSR count). The maximum atomic E-state index is 11.9. The Morgan fingerprint density at radius 3 is 2.40 bits per heavy atom. The molecule has 0 unspecified atom stereocenters. The third-order valence-corrected chi connectivity index (χ3v) is 2.56. The molecule has 5 nitrogen and oxygen atoms in total. The van der Waals surface area contributed by atoms with Crippen LogP contribution >= 0.6 is 12.2 Å². The Morgan fingerprint density at radius 2 is 1.90 bits per heavy atom. The van der Waals surface area contributed by atoms with Crippen molar-refractivity contribution in [2.75, 3.05) is 26.2 Å². The van der Waals surface area contributed by atoms with Crippen LogP contribution in [-0.2, 0) is 14.3 Å². The van der Waals surface area contributed by atoms with Gasteiger partial charge in [0.25, 0.3) is 5.17 Å². The lowest BCUT2D eigenvalue weighted by Gasteiger charge is -2.19. The largest absolute Gasteiger partial charge is 0.471 e. The van der Waals surface area contributed by atoms with E-state index in [1.165, 1.54) is 6.92 Å². The zero-order chi connectivity index (χ0) is 15.4. The van der Waals surface area contributed by atoms with Crippen molar-refractivity contribution < 1.29 is 14.3 Å². The molecule has 0 heterocycles. The van der Waals surface area contributed by atoms with Crippen LogP contribution in [0.3, 0.4) is 0 Å². The van der Waals surface area contributed by atoms with E-state index < -0.39 is 0 Å². The molecule has 0 aromatic rings. The molecule has 1 amide bonds. The first-order valence-electron chi connectivity index (χ1n) is 6.40. The number of thiocarbonyl (C=S) groups is 1. The number of Topliss-reactive ketones (excluding diaryl/α,β-unsaturated/α-hetero) is 1. The number of nitrogens with zero attached hydrogens (tertiary/aromatic N) is 1. The molecule has 0 aliphatic carbocycles. The molecule has 1 N–H and O–H groups in total. The standard InChI is InChI=1S/C14H22N2O3S/c1-4-8-16(9-5-2)13(18)7-6-10-19-14(20)15-11-12(3)17/h4-5H,1-2,6-11H2,3H3,(H,15,20). The van der Waals surface area contributed by atoms with Gasteiger partial charge in [-0.1, -0.05) is 12.2 Å². The van der Waals surface area contributed by atoms with Gasteiger partial charge in [0.05, 0.1) is 13.2 Å². The average molecular weight is 298 g/mol. The van der Waals surface area contributed by atoms with Crippen LogP contribution < -0.4 is 5.32 Å². The number of carbonyl (C=O) groups is 2. The molecule has 6 heteroatoms. The fourth-order valence-corrected chi connectivity index (χ4v) is 1.54. The number of ketones is 1. The summed E-state index contributed by atoms with van der Waals surface area (Å²) in [6.07, 6.45) is 4.29. The number of nitrogens with one attached hydrogen (secondary N) is 1. The first-order valence-corrected chi connectivity index (χ1v) is 6.81. The van der Waals surface area contributed by atoms with Gasteiger partial charge in [-0.3, -0.25) is 9.59 Å². The highest BCUT2D eigenvalue weighted by atomic mass is 32.1. The SMILES string of the molecule is C=CCN(CC=C)C(=O)CCCOC(=S)NCC(C)=O. The number of amides is 1. The fraction of sp³-hybridized carbons (Fsp3) is 0.500. The topological polar surface area (TPSA) is 58.6 Å². The van der Waals surface area contributed by atoms with Crippen LogP contribution in [-0.4, -0.2) is 48.0 Å². The molecule has 0 fully saturated rings. The van der Waals surface area contributed by atoms with Gasteiger partial charge in [0, 0.05) is 19.5 Å². The summed E-state index contributed by atoms with van der Waals surface area (Å²) in [6, 6.07) is 0. The third-order valence-electron chi connectivity index (χ3n) is 2.30. The molecule has 0 aliphatic rings. The lowest BCUT2D eigenvalue weighted by atomic mass is 10.3. The van der Waals surface area contributed by atoms with Crippen molar-refractivity contribution in [3.05, 3.63) is 25.3 Å². The van der Waals surface area contributed by atoms with Gasteiger partial charge in [-0.15, -0.1) is 13.2 Å². The maximum absolute atomic E-state index is 11.9. The first-order chi connectivity index (χ1) is 9.51. The normalized spacial score (nSPS) is 9.45. The number of carbonyl (C=O) groups excluding carboxylic acids is 2. The van der Waals surface area contributed by atoms with E-state index in [0.29, 0.717) is 32.5 Å². The van der Waals surface area contributed by atoms with E-state index in [9.17, 15) is 9.59 Å². The highest BCUT2D eigenvalue weighted by Crippen LogP contribution is 1.99. The second-order valence-corrected chi connectivity index (χ2v) is 4.54. The third kappa shape index (κ3) is 9.27. The Kier molecular flexibility index (Phi) is 10.2. The Morgan fingerprint density at radius 1 is 1.30 bits per heavy atom. The molecular weight excluding hydrogens is 276 g/mol. The summed E-state index contributed by atoms with van der Waals surface area (Å²) in [5.41, 5.74) is 0. The van der Waals surface area contributed by atoms with Gasteiger partial charge >= 0.3 is 0 Å². The van der Waals surface area contributed by atoms with Crippen molar-refractivity contribution >= 4 is 29.1 Å². The lowest BCUT2D eigenvalue weighted by molar-refractivity contribution is -0.130. The molecule has 0 aromatic carbocycles. The van der Waals surface area contributed by atoms with E-state index >= 15 is 0 Å². The van der Waals surface area contributed by atoms with Crippen LogP contribution in [0.2, 0.25) is 0 Å². The molecule has 0 aromatic heterocycles. The van der Waals surface area contributed by atoms with Crippen LogP contribution in [0.1, 0.15) is 19.8 Å². The van der Waals surface area contributed by atoms with Gasteiger partial charge in [0.2, 0.25) is 5.91 Å². The Bertz CT molecular complexity index is 359. The zero-order valence-electron chi connectivity index (χ0n) is 11.9. The molecule has 112 valence electrons. The molecular formula is C14H22N2O3S. The minimum atomic E-state index is -0.0179. The van der Waals surface area contributed by atoms with Crippen LogP contribution in [0.25, 0.3) is 0 Å². The number of ether oxygens (including phenoxy) is 1. The van der Waals surface area contributed by atoms with Gasteiger partial charge in [-0.05, 0) is 25.6 Å². The second kappa shape index (κ2) is 11.2. The smallest absolute Gasteiger partial charge is 0.256 e. The number of rotatable bonds is 10. The van der Waals surface area contributed by atoms with E-state index in [1.54, 1.807) is 17.1 Å². The summed E-state index contributed by atoms with van der Waals surface area (Å²) < 4.78 is 5.20. The summed E-state index contributed by atoms with van der Waals surface area (Å²) in [5, 5.41) is 2.85. The summed E-state index contributed by atoms with van der Waals surface area (Å²) in [7, 11) is 0. The van der Waals surface area contributed by atoms with Crippen molar-refractivity contribution in [2.24, 2.45) is 0 Å². The molecule has 0 aliphatic heterocycles. The highest BCUT2D eigenvalue weighted by molar-refractivity contribution is 7.80. The van der Waals surface area contributed by atoms with E-state index in [0.717, 1.165) is 0 Å². The average Bonchev–Trinajstić information content (AvgIpc) is 2.40. The summed E-state index contributed by atoms with van der Waals surface area (Å²) >= 11 is 4.88. The van der Waals surface area contributed by atoms with Gasteiger partial charge in [-0.25, -0.2) is 0 Å². The summed E-state index contributed by atoms with van der Waals surface area (Å²) in [4.78, 5) is 24.2. The molecule has 0 saturated heterocycles. The van der Waals surface area contributed by atoms with Crippen molar-refractivity contribution in [3.63, 3.8) is 0 Å². The van der Waals surface area contributed by atoms with Gasteiger partial charge < -0.3 is 15.0 Å². The predicted molar refractivity (Wildman–Crippen MR) is 83.4 cm³/mol. The Labute approximate surface area is 125 Å². The molecule has 0 saturated carbocycles. The van der Waals surface area contributed by atoms with Crippen molar-refractivity contribution in [1.29, 1.82) is 0 Å². The fourth-order valence-electron chi connectivity index (χ4n) is 1.38. The van der Waals surface area contributed by atoms with E-state index in [1.807, 2.05) is 0 Å². The summed E-state index contributed by atoms with van der Waals surface area (Å²) in [6.45, 7) is 10.2. The van der Waals surface area contributed by atoms with Crippen molar-refractivity contribution in [3.8, 4) is 0 Å². The molecule has 0 atom stereocenters. The number of hydrogen-bond acceptors (Lipinski definition) is 4. The molecule has 0 bridgehead atoms. The van der Waals surface area contributed by atoms with Crippen LogP contribution in [0, 0.1) is 0 Å². The van der Waals surface area contributed by atoms with Crippen LogP contribution in [0.5, 0.6) is 0 Å². The van der Waals surface area contributed by atoms with Crippen molar-refractivity contribution in [1.82, 2.24) is 10.2 Å². The Balaban J connectivity index is 3.84. The lowest BCUT2D eigenvalue weighted by Crippen LogP contribution is -2.32. The monoisotopic (exact) mass is 298 g/mol. The molecule has 20 heavy (non-hydrogen) atoms. The second-order valence-electron chi connectivity index (χ2n) is 4.17. The van der Waals surface area contributed by atoms with Crippen LogP contribution in [0.15, 0.2) is 25.3 Å². The minimum Gasteiger partial charge on any atom is -0.471 e. The van der Waals surface area contributed by atoms with Gasteiger partial charge in [0.1, 0.15) is 5.78 Å².